The molecule has 1 saturated heterocycles. The van der Waals surface area contributed by atoms with Crippen molar-refractivity contribution in [2.45, 2.75) is 68.8 Å². The summed E-state index contributed by atoms with van der Waals surface area (Å²) in [6, 6.07) is 7.58. The SMILES string of the molecule is Cc1ccc(S(=O)(=O)N2CCC(NC(c3ncn[nH]3)C3CCCCC3)CC2)cc1. The summed E-state index contributed by atoms with van der Waals surface area (Å²) >= 11 is 0. The maximum absolute atomic E-state index is 12.9. The summed E-state index contributed by atoms with van der Waals surface area (Å²) in [5.41, 5.74) is 1.06. The number of benzene rings is 1. The van der Waals surface area contributed by atoms with E-state index in [4.69, 9.17) is 0 Å². The first-order valence-corrected chi connectivity index (χ1v) is 12.2. The van der Waals surface area contributed by atoms with Gasteiger partial charge in [0.2, 0.25) is 10.0 Å². The Bertz CT molecular complexity index is 868. The number of H-pyrrole nitrogens is 1. The summed E-state index contributed by atoms with van der Waals surface area (Å²) in [5.74, 6) is 1.47. The van der Waals surface area contributed by atoms with E-state index >= 15 is 0 Å². The van der Waals surface area contributed by atoms with Crippen LogP contribution in [0.15, 0.2) is 35.5 Å². The molecular weight excluding hydrogens is 386 g/mol. The van der Waals surface area contributed by atoms with Crippen LogP contribution in [-0.4, -0.2) is 47.0 Å². The molecule has 7 nitrogen and oxygen atoms in total. The summed E-state index contributed by atoms with van der Waals surface area (Å²) in [7, 11) is -3.42. The summed E-state index contributed by atoms with van der Waals surface area (Å²) in [6.07, 6.45) is 9.45. The number of sulfonamides is 1. The van der Waals surface area contributed by atoms with Gasteiger partial charge in [0.05, 0.1) is 10.9 Å². The van der Waals surface area contributed by atoms with Crippen LogP contribution in [0.4, 0.5) is 0 Å². The van der Waals surface area contributed by atoms with Gasteiger partial charge in [0.25, 0.3) is 0 Å². The highest BCUT2D eigenvalue weighted by Gasteiger charge is 2.33. The fourth-order valence-corrected chi connectivity index (χ4v) is 6.12. The van der Waals surface area contributed by atoms with E-state index in [0.29, 0.717) is 23.9 Å². The number of hydrogen-bond acceptors (Lipinski definition) is 5. The molecule has 0 spiro atoms. The summed E-state index contributed by atoms with van der Waals surface area (Å²) in [5, 5.41) is 10.9. The van der Waals surface area contributed by atoms with Crippen molar-refractivity contribution in [3.05, 3.63) is 42.0 Å². The molecule has 2 heterocycles. The van der Waals surface area contributed by atoms with E-state index < -0.39 is 10.0 Å². The topological polar surface area (TPSA) is 91.0 Å². The van der Waals surface area contributed by atoms with Crippen LogP contribution in [-0.2, 0) is 10.0 Å². The minimum absolute atomic E-state index is 0.169. The fourth-order valence-electron chi connectivity index (χ4n) is 4.65. The molecule has 8 heteroatoms. The second-order valence-electron chi connectivity index (χ2n) is 8.40. The zero-order chi connectivity index (χ0) is 20.3. The molecule has 1 saturated carbocycles. The van der Waals surface area contributed by atoms with Crippen LogP contribution in [0.3, 0.4) is 0 Å². The highest BCUT2D eigenvalue weighted by Crippen LogP contribution is 2.34. The zero-order valence-corrected chi connectivity index (χ0v) is 17.9. The molecular formula is C21H31N5O2S. The van der Waals surface area contributed by atoms with Crippen molar-refractivity contribution in [1.29, 1.82) is 0 Å². The van der Waals surface area contributed by atoms with Crippen LogP contribution in [0.5, 0.6) is 0 Å². The van der Waals surface area contributed by atoms with E-state index in [1.807, 2.05) is 19.1 Å². The molecule has 1 aliphatic heterocycles. The standard InChI is InChI=1S/C21H31N5O2S/c1-16-7-9-19(10-8-16)29(27,28)26-13-11-18(12-14-26)24-20(21-22-15-23-25-21)17-5-3-2-4-6-17/h7-10,15,17-18,20,24H,2-6,11-14H2,1H3,(H,22,23,25). The van der Waals surface area contributed by atoms with Crippen molar-refractivity contribution in [3.8, 4) is 0 Å². The van der Waals surface area contributed by atoms with Gasteiger partial charge in [0, 0.05) is 19.1 Å². The number of nitrogens with zero attached hydrogens (tertiary/aromatic N) is 3. The first kappa shape index (κ1) is 20.5. The third kappa shape index (κ3) is 4.70. The monoisotopic (exact) mass is 417 g/mol. The van der Waals surface area contributed by atoms with Gasteiger partial charge >= 0.3 is 0 Å². The van der Waals surface area contributed by atoms with Gasteiger partial charge in [-0.25, -0.2) is 13.4 Å². The van der Waals surface area contributed by atoms with Gasteiger partial charge in [0.15, 0.2) is 0 Å². The lowest BCUT2D eigenvalue weighted by molar-refractivity contribution is 0.211. The highest BCUT2D eigenvalue weighted by atomic mass is 32.2. The number of nitrogens with one attached hydrogen (secondary N) is 2. The molecule has 0 bridgehead atoms. The molecule has 0 radical (unpaired) electrons. The lowest BCUT2D eigenvalue weighted by atomic mass is 9.83. The lowest BCUT2D eigenvalue weighted by Crippen LogP contribution is -2.47. The molecule has 1 unspecified atom stereocenters. The van der Waals surface area contributed by atoms with Crippen molar-refractivity contribution in [2.24, 2.45) is 5.92 Å². The number of aromatic nitrogens is 3. The average Bonchev–Trinajstić information content (AvgIpc) is 3.28. The van der Waals surface area contributed by atoms with Crippen LogP contribution < -0.4 is 5.32 Å². The molecule has 2 aliphatic rings. The maximum Gasteiger partial charge on any atom is 0.243 e. The van der Waals surface area contributed by atoms with E-state index in [2.05, 4.69) is 20.5 Å². The highest BCUT2D eigenvalue weighted by molar-refractivity contribution is 7.89. The smallest absolute Gasteiger partial charge is 0.243 e. The largest absolute Gasteiger partial charge is 0.304 e. The average molecular weight is 418 g/mol. The summed E-state index contributed by atoms with van der Waals surface area (Å²) in [4.78, 5) is 4.81. The minimum Gasteiger partial charge on any atom is -0.304 e. The quantitative estimate of drug-likeness (QED) is 0.753. The van der Waals surface area contributed by atoms with Crippen molar-refractivity contribution in [3.63, 3.8) is 0 Å². The number of piperidine rings is 1. The van der Waals surface area contributed by atoms with Crippen molar-refractivity contribution in [1.82, 2.24) is 24.8 Å². The number of hydrogen-bond donors (Lipinski definition) is 2. The Morgan fingerprint density at radius 2 is 1.76 bits per heavy atom. The third-order valence-corrected chi connectivity index (χ3v) is 8.29. The second kappa shape index (κ2) is 8.93. The van der Waals surface area contributed by atoms with E-state index in [-0.39, 0.29) is 12.1 Å². The summed E-state index contributed by atoms with van der Waals surface area (Å²) < 4.78 is 27.5. The van der Waals surface area contributed by atoms with E-state index in [1.54, 1.807) is 22.8 Å². The van der Waals surface area contributed by atoms with Gasteiger partial charge in [-0.1, -0.05) is 37.0 Å². The maximum atomic E-state index is 12.9. The fraction of sp³-hybridized carbons (Fsp3) is 0.619. The minimum atomic E-state index is -3.42. The lowest BCUT2D eigenvalue weighted by Gasteiger charge is -2.36. The molecule has 0 amide bonds. The van der Waals surface area contributed by atoms with Gasteiger partial charge in [-0.2, -0.15) is 9.40 Å². The normalized spacial score (nSPS) is 21.3. The molecule has 4 rings (SSSR count). The number of aromatic amines is 1. The first-order valence-electron chi connectivity index (χ1n) is 10.7. The number of aryl methyl sites for hydroxylation is 1. The predicted molar refractivity (Wildman–Crippen MR) is 112 cm³/mol. The van der Waals surface area contributed by atoms with E-state index in [1.165, 1.54) is 32.1 Å². The van der Waals surface area contributed by atoms with E-state index in [9.17, 15) is 8.42 Å². The van der Waals surface area contributed by atoms with Crippen LogP contribution in [0.1, 0.15) is 62.4 Å². The Balaban J connectivity index is 1.40. The molecule has 2 N–H and O–H groups in total. The Morgan fingerprint density at radius 3 is 2.38 bits per heavy atom. The molecule has 2 aromatic rings. The van der Waals surface area contributed by atoms with Crippen molar-refractivity contribution in [2.75, 3.05) is 13.1 Å². The predicted octanol–water partition coefficient (Wildman–Crippen LogP) is 3.18. The molecule has 1 atom stereocenters. The van der Waals surface area contributed by atoms with Gasteiger partial charge in [-0.05, 0) is 50.7 Å². The molecule has 1 aromatic carbocycles. The van der Waals surface area contributed by atoms with E-state index in [0.717, 1.165) is 24.2 Å². The van der Waals surface area contributed by atoms with Crippen LogP contribution >= 0.6 is 0 Å². The van der Waals surface area contributed by atoms with Crippen molar-refractivity contribution >= 4 is 10.0 Å². The van der Waals surface area contributed by atoms with Crippen molar-refractivity contribution < 1.29 is 8.42 Å². The Kier molecular flexibility index (Phi) is 6.32. The van der Waals surface area contributed by atoms with Crippen LogP contribution in [0.25, 0.3) is 0 Å². The molecule has 158 valence electrons. The van der Waals surface area contributed by atoms with Crippen LogP contribution in [0, 0.1) is 12.8 Å². The Morgan fingerprint density at radius 1 is 1.07 bits per heavy atom. The second-order valence-corrected chi connectivity index (χ2v) is 10.3. The number of rotatable bonds is 6. The van der Waals surface area contributed by atoms with Gasteiger partial charge < -0.3 is 5.32 Å². The molecule has 29 heavy (non-hydrogen) atoms. The van der Waals surface area contributed by atoms with Gasteiger partial charge in [-0.3, -0.25) is 5.10 Å². The third-order valence-electron chi connectivity index (χ3n) is 6.38. The Hall–Kier alpha value is -1.77. The summed E-state index contributed by atoms with van der Waals surface area (Å²) in [6.45, 7) is 3.05. The van der Waals surface area contributed by atoms with Gasteiger partial charge in [-0.15, -0.1) is 0 Å². The van der Waals surface area contributed by atoms with Crippen LogP contribution in [0.2, 0.25) is 0 Å². The molecule has 1 aromatic heterocycles. The van der Waals surface area contributed by atoms with Gasteiger partial charge in [0.1, 0.15) is 12.2 Å². The first-order chi connectivity index (χ1) is 14.0. The molecule has 2 fully saturated rings. The zero-order valence-electron chi connectivity index (χ0n) is 17.0. The Labute approximate surface area is 173 Å². The molecule has 1 aliphatic carbocycles.